The monoisotopic (exact) mass is 380 g/mol. The molecule has 5 heteroatoms. The number of hydrogen-bond acceptors (Lipinski definition) is 3. The lowest BCUT2D eigenvalue weighted by Crippen LogP contribution is -2.37. The van der Waals surface area contributed by atoms with E-state index in [1.54, 1.807) is 0 Å². The van der Waals surface area contributed by atoms with Crippen LogP contribution in [0.25, 0.3) is 11.1 Å². The predicted octanol–water partition coefficient (Wildman–Crippen LogP) is 3.29. The van der Waals surface area contributed by atoms with E-state index in [2.05, 4.69) is 24.3 Å². The van der Waals surface area contributed by atoms with Crippen molar-refractivity contribution in [3.63, 3.8) is 0 Å². The highest BCUT2D eigenvalue weighted by molar-refractivity contribution is 5.79. The highest BCUT2D eigenvalue weighted by atomic mass is 16.4. The summed E-state index contributed by atoms with van der Waals surface area (Å²) in [6.45, 7) is 1.49. The number of rotatable bonds is 6. The molecule has 3 rings (SSSR count). The van der Waals surface area contributed by atoms with Gasteiger partial charge in [0.1, 0.15) is 0 Å². The minimum atomic E-state index is -0.807. The van der Waals surface area contributed by atoms with Gasteiger partial charge < -0.3 is 10.0 Å². The first kappa shape index (κ1) is 20.1. The molecule has 0 spiro atoms. The molecule has 1 N–H and O–H groups in total. The maximum atomic E-state index is 12.7. The van der Waals surface area contributed by atoms with Crippen LogP contribution in [0.15, 0.2) is 54.6 Å². The summed E-state index contributed by atoms with van der Waals surface area (Å²) in [5, 5.41) is 8.98. The molecule has 1 unspecified atom stereocenters. The molecule has 0 aliphatic carbocycles. The van der Waals surface area contributed by atoms with Crippen molar-refractivity contribution in [2.24, 2.45) is 0 Å². The summed E-state index contributed by atoms with van der Waals surface area (Å²) in [7, 11) is 1.85. The summed E-state index contributed by atoms with van der Waals surface area (Å²) in [5.41, 5.74) is 3.34. The van der Waals surface area contributed by atoms with Crippen LogP contribution in [0.3, 0.4) is 0 Å². The average Bonchev–Trinajstić information content (AvgIpc) is 2.95. The van der Waals surface area contributed by atoms with E-state index in [0.717, 1.165) is 36.9 Å². The van der Waals surface area contributed by atoms with Gasteiger partial charge >= 0.3 is 5.97 Å². The fourth-order valence-electron chi connectivity index (χ4n) is 3.84. The smallest absolute Gasteiger partial charge is 0.317 e. The second-order valence-corrected chi connectivity index (χ2v) is 7.51. The lowest BCUT2D eigenvalue weighted by Gasteiger charge is -2.25. The average molecular weight is 380 g/mol. The summed E-state index contributed by atoms with van der Waals surface area (Å²) < 4.78 is 0. The summed E-state index contributed by atoms with van der Waals surface area (Å²) in [4.78, 5) is 27.5. The largest absolute Gasteiger partial charge is 0.480 e. The molecule has 1 aliphatic heterocycles. The van der Waals surface area contributed by atoms with Gasteiger partial charge in [-0.1, -0.05) is 54.6 Å². The molecule has 148 valence electrons. The molecule has 1 amide bonds. The van der Waals surface area contributed by atoms with E-state index in [0.29, 0.717) is 13.0 Å². The first-order chi connectivity index (χ1) is 13.5. The van der Waals surface area contributed by atoms with Crippen LogP contribution >= 0.6 is 0 Å². The summed E-state index contributed by atoms with van der Waals surface area (Å²) in [6.07, 6.45) is 3.07. The molecule has 1 heterocycles. The third-order valence-corrected chi connectivity index (χ3v) is 5.47. The minimum absolute atomic E-state index is 0.0480. The number of carboxylic acids is 1. The highest BCUT2D eigenvalue weighted by Crippen LogP contribution is 2.20. The molecule has 5 nitrogen and oxygen atoms in total. The van der Waals surface area contributed by atoms with Gasteiger partial charge in [0.2, 0.25) is 5.91 Å². The van der Waals surface area contributed by atoms with E-state index < -0.39 is 5.97 Å². The van der Waals surface area contributed by atoms with Crippen LogP contribution in [0.5, 0.6) is 0 Å². The molecular weight excluding hydrogens is 352 g/mol. The van der Waals surface area contributed by atoms with Gasteiger partial charge in [0, 0.05) is 19.1 Å². The van der Waals surface area contributed by atoms with Crippen LogP contribution in [0.2, 0.25) is 0 Å². The molecule has 1 fully saturated rings. The van der Waals surface area contributed by atoms with Crippen LogP contribution in [0.1, 0.15) is 24.8 Å². The highest BCUT2D eigenvalue weighted by Gasteiger charge is 2.24. The Labute approximate surface area is 166 Å². The molecule has 0 aromatic heterocycles. The summed E-state index contributed by atoms with van der Waals surface area (Å²) in [6, 6.07) is 18.6. The van der Waals surface area contributed by atoms with Gasteiger partial charge in [0.25, 0.3) is 0 Å². The molecule has 1 saturated heterocycles. The SMILES string of the molecule is CN(CC(=O)O)C1CCCN(C(=O)Cc2ccc(-c3ccccc3)cc2)CC1. The van der Waals surface area contributed by atoms with Crippen molar-refractivity contribution in [3.8, 4) is 11.1 Å². The number of likely N-dealkylation sites (N-methyl/N-ethyl adjacent to an activating group) is 1. The number of amides is 1. The van der Waals surface area contributed by atoms with Crippen molar-refractivity contribution in [2.45, 2.75) is 31.7 Å². The van der Waals surface area contributed by atoms with Gasteiger partial charge in [-0.15, -0.1) is 0 Å². The Hall–Kier alpha value is -2.66. The molecule has 28 heavy (non-hydrogen) atoms. The number of carbonyl (C=O) groups is 2. The molecule has 0 saturated carbocycles. The molecule has 0 radical (unpaired) electrons. The van der Waals surface area contributed by atoms with E-state index in [1.807, 2.05) is 47.2 Å². The van der Waals surface area contributed by atoms with E-state index in [1.165, 1.54) is 5.56 Å². The van der Waals surface area contributed by atoms with Gasteiger partial charge in [-0.2, -0.15) is 0 Å². The number of likely N-dealkylation sites (tertiary alicyclic amines) is 1. The first-order valence-corrected chi connectivity index (χ1v) is 9.87. The normalized spacial score (nSPS) is 17.4. The molecule has 1 atom stereocenters. The zero-order chi connectivity index (χ0) is 19.9. The van der Waals surface area contributed by atoms with Gasteiger partial charge in [-0.3, -0.25) is 14.5 Å². The summed E-state index contributed by atoms with van der Waals surface area (Å²) >= 11 is 0. The number of nitrogens with zero attached hydrogens (tertiary/aromatic N) is 2. The fraction of sp³-hybridized carbons (Fsp3) is 0.391. The van der Waals surface area contributed by atoms with E-state index in [9.17, 15) is 9.59 Å². The van der Waals surface area contributed by atoms with E-state index in [4.69, 9.17) is 5.11 Å². The zero-order valence-electron chi connectivity index (χ0n) is 16.4. The van der Waals surface area contributed by atoms with Gasteiger partial charge in [0.05, 0.1) is 13.0 Å². The third kappa shape index (κ3) is 5.42. The Kier molecular flexibility index (Phi) is 6.82. The number of aliphatic carboxylic acids is 1. The quantitative estimate of drug-likeness (QED) is 0.835. The van der Waals surface area contributed by atoms with Crippen molar-refractivity contribution >= 4 is 11.9 Å². The van der Waals surface area contributed by atoms with Gasteiger partial charge in [0.15, 0.2) is 0 Å². The number of benzene rings is 2. The first-order valence-electron chi connectivity index (χ1n) is 9.87. The van der Waals surface area contributed by atoms with Crippen LogP contribution in [0, 0.1) is 0 Å². The van der Waals surface area contributed by atoms with E-state index >= 15 is 0 Å². The van der Waals surface area contributed by atoms with Crippen molar-refractivity contribution in [3.05, 3.63) is 60.2 Å². The maximum absolute atomic E-state index is 12.7. The van der Waals surface area contributed by atoms with Crippen molar-refractivity contribution in [1.82, 2.24) is 9.80 Å². The Balaban J connectivity index is 1.55. The van der Waals surface area contributed by atoms with Crippen molar-refractivity contribution in [2.75, 3.05) is 26.7 Å². The molecule has 0 bridgehead atoms. The Morgan fingerprint density at radius 3 is 2.36 bits per heavy atom. The van der Waals surface area contributed by atoms with Crippen LogP contribution in [-0.4, -0.2) is 59.5 Å². The molecule has 2 aromatic carbocycles. The van der Waals surface area contributed by atoms with Crippen molar-refractivity contribution in [1.29, 1.82) is 0 Å². The Bertz CT molecular complexity index is 789. The standard InChI is InChI=1S/C23H28N2O3/c1-24(17-23(27)28)21-8-5-14-25(15-13-21)22(26)16-18-9-11-20(12-10-18)19-6-3-2-4-7-19/h2-4,6-7,9-12,21H,5,8,13-17H2,1H3,(H,27,28). The Morgan fingerprint density at radius 1 is 1.00 bits per heavy atom. The molecule has 2 aromatic rings. The lowest BCUT2D eigenvalue weighted by molar-refractivity contribution is -0.138. The fourth-order valence-corrected chi connectivity index (χ4v) is 3.84. The zero-order valence-corrected chi connectivity index (χ0v) is 16.4. The number of hydrogen-bond donors (Lipinski definition) is 1. The third-order valence-electron chi connectivity index (χ3n) is 5.47. The maximum Gasteiger partial charge on any atom is 0.317 e. The second kappa shape index (κ2) is 9.51. The second-order valence-electron chi connectivity index (χ2n) is 7.51. The number of carbonyl (C=O) groups excluding carboxylic acids is 1. The predicted molar refractivity (Wildman–Crippen MR) is 110 cm³/mol. The topological polar surface area (TPSA) is 60.9 Å². The molecule has 1 aliphatic rings. The lowest BCUT2D eigenvalue weighted by atomic mass is 10.0. The van der Waals surface area contributed by atoms with E-state index in [-0.39, 0.29) is 18.5 Å². The van der Waals surface area contributed by atoms with Gasteiger partial charge in [-0.05, 0) is 43.0 Å². The minimum Gasteiger partial charge on any atom is -0.480 e. The summed E-state index contributed by atoms with van der Waals surface area (Å²) in [5.74, 6) is -0.660. The number of carboxylic acid groups (broad SMARTS) is 1. The van der Waals surface area contributed by atoms with Crippen LogP contribution in [-0.2, 0) is 16.0 Å². The Morgan fingerprint density at radius 2 is 1.68 bits per heavy atom. The van der Waals surface area contributed by atoms with Crippen LogP contribution < -0.4 is 0 Å². The van der Waals surface area contributed by atoms with Gasteiger partial charge in [-0.25, -0.2) is 0 Å². The molecular formula is C23H28N2O3. The van der Waals surface area contributed by atoms with Crippen molar-refractivity contribution < 1.29 is 14.7 Å². The van der Waals surface area contributed by atoms with Crippen LogP contribution in [0.4, 0.5) is 0 Å².